The third kappa shape index (κ3) is 2.51. The SMILES string of the molecule is CC(=O)OC1CC2=C(CC(C(C)C)CC2=O)O1. The molecule has 0 saturated heterocycles. The van der Waals surface area contributed by atoms with Crippen LogP contribution in [0.25, 0.3) is 0 Å². The number of esters is 1. The molecule has 0 aromatic rings. The first-order chi connectivity index (χ1) is 7.97. The Morgan fingerprint density at radius 3 is 2.65 bits per heavy atom. The van der Waals surface area contributed by atoms with Gasteiger partial charge in [0.2, 0.25) is 6.29 Å². The molecule has 2 atom stereocenters. The number of hydrogen-bond donors (Lipinski definition) is 0. The molecule has 0 N–H and O–H groups in total. The average Bonchev–Trinajstić information content (AvgIpc) is 2.59. The van der Waals surface area contributed by atoms with Gasteiger partial charge in [-0.05, 0) is 11.8 Å². The third-order valence-electron chi connectivity index (χ3n) is 3.45. The Morgan fingerprint density at radius 1 is 1.35 bits per heavy atom. The maximum Gasteiger partial charge on any atom is 0.305 e. The highest BCUT2D eigenvalue weighted by atomic mass is 16.7. The summed E-state index contributed by atoms with van der Waals surface area (Å²) in [6, 6.07) is 0. The zero-order chi connectivity index (χ0) is 12.6. The number of allylic oxidation sites excluding steroid dienone is 1. The van der Waals surface area contributed by atoms with Crippen molar-refractivity contribution in [3.8, 4) is 0 Å². The van der Waals surface area contributed by atoms with Gasteiger partial charge in [-0.1, -0.05) is 13.8 Å². The minimum atomic E-state index is -0.590. The molecule has 94 valence electrons. The lowest BCUT2D eigenvalue weighted by molar-refractivity contribution is -0.165. The van der Waals surface area contributed by atoms with Gasteiger partial charge < -0.3 is 9.47 Å². The van der Waals surface area contributed by atoms with E-state index in [0.717, 1.165) is 17.8 Å². The average molecular weight is 238 g/mol. The molecule has 4 nitrogen and oxygen atoms in total. The van der Waals surface area contributed by atoms with Gasteiger partial charge in [0.15, 0.2) is 5.78 Å². The first kappa shape index (κ1) is 12.1. The first-order valence-corrected chi connectivity index (χ1v) is 6.06. The Hall–Kier alpha value is -1.32. The molecule has 0 saturated carbocycles. The summed E-state index contributed by atoms with van der Waals surface area (Å²) in [5.74, 6) is 1.33. The van der Waals surface area contributed by atoms with Gasteiger partial charge in [-0.3, -0.25) is 9.59 Å². The summed E-state index contributed by atoms with van der Waals surface area (Å²) >= 11 is 0. The lowest BCUT2D eigenvalue weighted by Gasteiger charge is -2.24. The second kappa shape index (κ2) is 4.51. The highest BCUT2D eigenvalue weighted by molar-refractivity contribution is 5.97. The third-order valence-corrected chi connectivity index (χ3v) is 3.45. The second-order valence-electron chi connectivity index (χ2n) is 5.10. The van der Waals surface area contributed by atoms with Gasteiger partial charge in [-0.25, -0.2) is 0 Å². The van der Waals surface area contributed by atoms with Crippen molar-refractivity contribution in [3.05, 3.63) is 11.3 Å². The van der Waals surface area contributed by atoms with E-state index >= 15 is 0 Å². The summed E-state index contributed by atoms with van der Waals surface area (Å²) in [7, 11) is 0. The lowest BCUT2D eigenvalue weighted by Crippen LogP contribution is -2.21. The fourth-order valence-electron chi connectivity index (χ4n) is 2.39. The number of rotatable bonds is 2. The van der Waals surface area contributed by atoms with Crippen LogP contribution in [0.3, 0.4) is 0 Å². The second-order valence-corrected chi connectivity index (χ2v) is 5.10. The van der Waals surface area contributed by atoms with E-state index in [0.29, 0.717) is 24.7 Å². The van der Waals surface area contributed by atoms with Gasteiger partial charge in [-0.15, -0.1) is 0 Å². The van der Waals surface area contributed by atoms with Crippen molar-refractivity contribution in [2.24, 2.45) is 11.8 Å². The van der Waals surface area contributed by atoms with E-state index in [-0.39, 0.29) is 11.8 Å². The summed E-state index contributed by atoms with van der Waals surface area (Å²) in [5.41, 5.74) is 0.730. The van der Waals surface area contributed by atoms with Gasteiger partial charge in [0, 0.05) is 25.3 Å². The van der Waals surface area contributed by atoms with Gasteiger partial charge in [-0.2, -0.15) is 0 Å². The minimum Gasteiger partial charge on any atom is -0.458 e. The van der Waals surface area contributed by atoms with Crippen LogP contribution in [0.5, 0.6) is 0 Å². The number of Topliss-reactive ketones (excluding diaryl/α,β-unsaturated/α-hetero) is 1. The van der Waals surface area contributed by atoms with E-state index in [2.05, 4.69) is 13.8 Å². The van der Waals surface area contributed by atoms with Crippen LogP contribution < -0.4 is 0 Å². The van der Waals surface area contributed by atoms with Crippen LogP contribution in [-0.4, -0.2) is 18.0 Å². The molecule has 0 aromatic heterocycles. The molecule has 0 radical (unpaired) electrons. The highest BCUT2D eigenvalue weighted by Gasteiger charge is 2.38. The summed E-state index contributed by atoms with van der Waals surface area (Å²) in [6.07, 6.45) is 1.20. The largest absolute Gasteiger partial charge is 0.458 e. The Kier molecular flexibility index (Phi) is 3.22. The number of ketones is 1. The predicted octanol–water partition coefficient (Wildman–Crippen LogP) is 2.19. The molecule has 0 aromatic carbocycles. The molecule has 2 unspecified atom stereocenters. The van der Waals surface area contributed by atoms with Crippen LogP contribution in [0.4, 0.5) is 0 Å². The van der Waals surface area contributed by atoms with Crippen LogP contribution in [0.15, 0.2) is 11.3 Å². The number of hydrogen-bond acceptors (Lipinski definition) is 4. The fourth-order valence-corrected chi connectivity index (χ4v) is 2.39. The van der Waals surface area contributed by atoms with Crippen LogP contribution in [-0.2, 0) is 19.1 Å². The van der Waals surface area contributed by atoms with E-state index < -0.39 is 6.29 Å². The van der Waals surface area contributed by atoms with Crippen molar-refractivity contribution in [2.75, 3.05) is 0 Å². The van der Waals surface area contributed by atoms with Crippen LogP contribution >= 0.6 is 0 Å². The maximum atomic E-state index is 11.9. The fraction of sp³-hybridized carbons (Fsp3) is 0.692. The summed E-state index contributed by atoms with van der Waals surface area (Å²) in [4.78, 5) is 22.8. The highest BCUT2D eigenvalue weighted by Crippen LogP contribution is 2.39. The Morgan fingerprint density at radius 2 is 2.06 bits per heavy atom. The molecule has 1 heterocycles. The van der Waals surface area contributed by atoms with Gasteiger partial charge in [0.05, 0.1) is 6.42 Å². The molecule has 1 aliphatic carbocycles. The Labute approximate surface area is 101 Å². The number of carbonyl (C=O) groups excluding carboxylic acids is 2. The summed E-state index contributed by atoms with van der Waals surface area (Å²) < 4.78 is 10.5. The zero-order valence-electron chi connectivity index (χ0n) is 10.5. The Balaban J connectivity index is 2.06. The quantitative estimate of drug-likeness (QED) is 0.692. The van der Waals surface area contributed by atoms with E-state index in [9.17, 15) is 9.59 Å². The first-order valence-electron chi connectivity index (χ1n) is 6.06. The van der Waals surface area contributed by atoms with Crippen LogP contribution in [0.2, 0.25) is 0 Å². The van der Waals surface area contributed by atoms with Gasteiger partial charge in [0.25, 0.3) is 0 Å². The molecular weight excluding hydrogens is 220 g/mol. The summed E-state index contributed by atoms with van der Waals surface area (Å²) in [5, 5.41) is 0. The van der Waals surface area contributed by atoms with Crippen molar-refractivity contribution in [1.29, 1.82) is 0 Å². The normalized spacial score (nSPS) is 28.1. The van der Waals surface area contributed by atoms with Crippen molar-refractivity contribution >= 4 is 11.8 Å². The molecule has 4 heteroatoms. The molecular formula is C13H18O4. The van der Waals surface area contributed by atoms with E-state index in [1.807, 2.05) is 0 Å². The monoisotopic (exact) mass is 238 g/mol. The number of ether oxygens (including phenoxy) is 2. The molecule has 0 amide bonds. The maximum absolute atomic E-state index is 11.9. The predicted molar refractivity (Wildman–Crippen MR) is 60.9 cm³/mol. The smallest absolute Gasteiger partial charge is 0.305 e. The number of carbonyl (C=O) groups is 2. The van der Waals surface area contributed by atoms with Crippen molar-refractivity contribution < 1.29 is 19.1 Å². The molecule has 2 aliphatic rings. The molecule has 17 heavy (non-hydrogen) atoms. The standard InChI is InChI=1S/C13H18O4/c1-7(2)9-4-11(15)10-6-13(16-8(3)14)17-12(10)5-9/h7,9,13H,4-6H2,1-3H3. The molecule has 0 bridgehead atoms. The van der Waals surface area contributed by atoms with Gasteiger partial charge >= 0.3 is 5.97 Å². The topological polar surface area (TPSA) is 52.6 Å². The lowest BCUT2D eigenvalue weighted by atomic mass is 9.80. The molecule has 0 spiro atoms. The van der Waals surface area contributed by atoms with Crippen LogP contribution in [0.1, 0.15) is 40.0 Å². The van der Waals surface area contributed by atoms with Gasteiger partial charge in [0.1, 0.15) is 5.76 Å². The van der Waals surface area contributed by atoms with Crippen LogP contribution in [0, 0.1) is 11.8 Å². The van der Waals surface area contributed by atoms with Crippen molar-refractivity contribution in [1.82, 2.24) is 0 Å². The Bertz CT molecular complexity index is 381. The molecule has 2 rings (SSSR count). The van der Waals surface area contributed by atoms with E-state index in [4.69, 9.17) is 9.47 Å². The zero-order valence-corrected chi connectivity index (χ0v) is 10.5. The summed E-state index contributed by atoms with van der Waals surface area (Å²) in [6.45, 7) is 5.57. The minimum absolute atomic E-state index is 0.152. The van der Waals surface area contributed by atoms with E-state index in [1.165, 1.54) is 6.92 Å². The van der Waals surface area contributed by atoms with Crippen molar-refractivity contribution in [3.63, 3.8) is 0 Å². The molecule has 0 fully saturated rings. The van der Waals surface area contributed by atoms with E-state index in [1.54, 1.807) is 0 Å². The molecule has 1 aliphatic heterocycles. The van der Waals surface area contributed by atoms with Crippen molar-refractivity contribution in [2.45, 2.75) is 46.3 Å².